The van der Waals surface area contributed by atoms with E-state index < -0.39 is 12.1 Å². The van der Waals surface area contributed by atoms with Crippen LogP contribution in [0.2, 0.25) is 0 Å². The Balaban J connectivity index is 1.56. The molecular weight excluding hydrogens is 390 g/mol. The predicted octanol–water partition coefficient (Wildman–Crippen LogP) is 2.89. The summed E-state index contributed by atoms with van der Waals surface area (Å²) < 4.78 is 21.8. The lowest BCUT2D eigenvalue weighted by atomic mass is 10.2. The lowest BCUT2D eigenvalue weighted by Crippen LogP contribution is -2.27. The Hall–Kier alpha value is -3.88. The summed E-state index contributed by atoms with van der Waals surface area (Å²) in [7, 11) is 1.29. The molecule has 1 N–H and O–H groups in total. The number of ether oxygens (including phenoxy) is 3. The van der Waals surface area contributed by atoms with Gasteiger partial charge in [0.05, 0.1) is 12.7 Å². The highest BCUT2D eigenvalue weighted by molar-refractivity contribution is 5.90. The Morgan fingerprint density at radius 3 is 2.50 bits per heavy atom. The molecule has 1 saturated heterocycles. The summed E-state index contributed by atoms with van der Waals surface area (Å²) in [5.74, 6) is 1.41. The number of methoxy groups -OCH3 is 1. The molecule has 9 nitrogen and oxygen atoms in total. The minimum absolute atomic E-state index is 0.187. The first kappa shape index (κ1) is 19.4. The number of aromatic nitrogens is 2. The Kier molecular flexibility index (Phi) is 5.34. The molecule has 1 aromatic heterocycles. The highest BCUT2D eigenvalue weighted by atomic mass is 16.5. The Morgan fingerprint density at radius 2 is 1.87 bits per heavy atom. The standard InChI is InChI=1S/C21H19N3O6/c1-12-23-24-20(28-12)13-3-5-15(6-4-13)29-16-9-14(21(26)27-2)10-17(11-16)30-18-7-8-22-19(18)25/h3-6,9-11,18H,7-8H2,1-2H3,(H,22,25). The molecule has 4 rings (SSSR count). The Labute approximate surface area is 172 Å². The number of esters is 1. The van der Waals surface area contributed by atoms with Crippen LogP contribution in [0.4, 0.5) is 0 Å². The molecule has 2 aromatic carbocycles. The van der Waals surface area contributed by atoms with Crippen LogP contribution in [0, 0.1) is 6.92 Å². The minimum Gasteiger partial charge on any atom is -0.480 e. The van der Waals surface area contributed by atoms with E-state index in [1.54, 1.807) is 43.3 Å². The molecule has 1 amide bonds. The molecule has 1 aliphatic rings. The monoisotopic (exact) mass is 409 g/mol. The van der Waals surface area contributed by atoms with Gasteiger partial charge in [-0.15, -0.1) is 10.2 Å². The second kappa shape index (κ2) is 8.24. The molecule has 1 aliphatic heterocycles. The first-order valence-corrected chi connectivity index (χ1v) is 9.28. The van der Waals surface area contributed by atoms with Gasteiger partial charge in [0.25, 0.3) is 5.91 Å². The maximum absolute atomic E-state index is 12.0. The van der Waals surface area contributed by atoms with Crippen LogP contribution in [0.1, 0.15) is 22.7 Å². The van der Waals surface area contributed by atoms with Crippen molar-refractivity contribution in [2.45, 2.75) is 19.4 Å². The summed E-state index contributed by atoms with van der Waals surface area (Å²) in [4.78, 5) is 23.8. The van der Waals surface area contributed by atoms with Gasteiger partial charge < -0.3 is 23.9 Å². The normalized spacial score (nSPS) is 15.5. The van der Waals surface area contributed by atoms with Crippen LogP contribution in [-0.2, 0) is 9.53 Å². The SMILES string of the molecule is COC(=O)c1cc(Oc2ccc(-c3nnc(C)o3)cc2)cc(OC2CCNC2=O)c1. The minimum atomic E-state index is -0.608. The third kappa shape index (κ3) is 4.24. The lowest BCUT2D eigenvalue weighted by molar-refractivity contribution is -0.124. The third-order valence-corrected chi connectivity index (χ3v) is 4.44. The van der Waals surface area contributed by atoms with Gasteiger partial charge in [0, 0.05) is 31.5 Å². The molecule has 0 aliphatic carbocycles. The van der Waals surface area contributed by atoms with Crippen molar-refractivity contribution >= 4 is 11.9 Å². The number of hydrogen-bond donors (Lipinski definition) is 1. The van der Waals surface area contributed by atoms with Crippen molar-refractivity contribution in [3.05, 3.63) is 53.9 Å². The molecule has 9 heteroatoms. The van der Waals surface area contributed by atoms with E-state index >= 15 is 0 Å². The van der Waals surface area contributed by atoms with Crippen LogP contribution >= 0.6 is 0 Å². The quantitative estimate of drug-likeness (QED) is 0.619. The largest absolute Gasteiger partial charge is 0.480 e. The second-order valence-corrected chi connectivity index (χ2v) is 6.62. The van der Waals surface area contributed by atoms with Crippen molar-refractivity contribution in [1.29, 1.82) is 0 Å². The number of carbonyl (C=O) groups excluding carboxylic acids is 2. The van der Waals surface area contributed by atoms with E-state index in [2.05, 4.69) is 15.5 Å². The predicted molar refractivity (Wildman–Crippen MR) is 104 cm³/mol. The Morgan fingerprint density at radius 1 is 1.10 bits per heavy atom. The number of aryl methyl sites for hydroxylation is 1. The molecule has 30 heavy (non-hydrogen) atoms. The summed E-state index contributed by atoms with van der Waals surface area (Å²) in [5, 5.41) is 10.5. The zero-order chi connectivity index (χ0) is 21.1. The highest BCUT2D eigenvalue weighted by Gasteiger charge is 2.26. The van der Waals surface area contributed by atoms with Gasteiger partial charge in [-0.2, -0.15) is 0 Å². The van der Waals surface area contributed by atoms with E-state index in [0.29, 0.717) is 42.0 Å². The fraction of sp³-hybridized carbons (Fsp3) is 0.238. The van der Waals surface area contributed by atoms with Crippen molar-refractivity contribution in [3.63, 3.8) is 0 Å². The summed E-state index contributed by atoms with van der Waals surface area (Å²) >= 11 is 0. The number of carbonyl (C=O) groups is 2. The molecule has 0 radical (unpaired) electrons. The maximum Gasteiger partial charge on any atom is 0.338 e. The second-order valence-electron chi connectivity index (χ2n) is 6.62. The summed E-state index contributed by atoms with van der Waals surface area (Å²) in [5.41, 5.74) is 1.00. The molecule has 1 unspecified atom stereocenters. The van der Waals surface area contributed by atoms with Gasteiger partial charge >= 0.3 is 5.97 Å². The van der Waals surface area contributed by atoms with Crippen LogP contribution in [0.5, 0.6) is 17.2 Å². The fourth-order valence-electron chi connectivity index (χ4n) is 3.00. The molecule has 2 heterocycles. The van der Waals surface area contributed by atoms with Gasteiger partial charge in [0.15, 0.2) is 6.10 Å². The van der Waals surface area contributed by atoms with Crippen LogP contribution in [-0.4, -0.2) is 41.8 Å². The van der Waals surface area contributed by atoms with E-state index in [1.807, 2.05) is 0 Å². The van der Waals surface area contributed by atoms with Crippen LogP contribution in [0.25, 0.3) is 11.5 Å². The van der Waals surface area contributed by atoms with Crippen molar-refractivity contribution in [2.24, 2.45) is 0 Å². The van der Waals surface area contributed by atoms with Crippen LogP contribution in [0.3, 0.4) is 0 Å². The summed E-state index contributed by atoms with van der Waals surface area (Å²) in [6.07, 6.45) is -0.0587. The van der Waals surface area contributed by atoms with Gasteiger partial charge in [-0.3, -0.25) is 4.79 Å². The summed E-state index contributed by atoms with van der Waals surface area (Å²) in [6.45, 7) is 2.27. The fourth-order valence-corrected chi connectivity index (χ4v) is 3.00. The first-order chi connectivity index (χ1) is 14.5. The van der Waals surface area contributed by atoms with Crippen molar-refractivity contribution < 1.29 is 28.2 Å². The van der Waals surface area contributed by atoms with E-state index in [9.17, 15) is 9.59 Å². The topological polar surface area (TPSA) is 113 Å². The zero-order valence-electron chi connectivity index (χ0n) is 16.4. The number of nitrogens with zero attached hydrogens (tertiary/aromatic N) is 2. The number of amides is 1. The zero-order valence-corrected chi connectivity index (χ0v) is 16.4. The van der Waals surface area contributed by atoms with Gasteiger partial charge in [-0.05, 0) is 36.4 Å². The molecule has 0 spiro atoms. The number of hydrogen-bond acceptors (Lipinski definition) is 8. The Bertz CT molecular complexity index is 1080. The molecule has 0 bridgehead atoms. The smallest absolute Gasteiger partial charge is 0.338 e. The van der Waals surface area contributed by atoms with Crippen LogP contribution < -0.4 is 14.8 Å². The third-order valence-electron chi connectivity index (χ3n) is 4.44. The first-order valence-electron chi connectivity index (χ1n) is 9.28. The maximum atomic E-state index is 12.0. The van der Waals surface area contributed by atoms with Gasteiger partial charge in [-0.1, -0.05) is 0 Å². The van der Waals surface area contributed by atoms with E-state index in [1.165, 1.54) is 13.2 Å². The van der Waals surface area contributed by atoms with Crippen LogP contribution in [0.15, 0.2) is 46.9 Å². The summed E-state index contributed by atoms with van der Waals surface area (Å²) in [6, 6.07) is 11.7. The highest BCUT2D eigenvalue weighted by Crippen LogP contribution is 2.30. The molecule has 1 fully saturated rings. The average molecular weight is 409 g/mol. The molecule has 1 atom stereocenters. The van der Waals surface area contributed by atoms with Crippen molar-refractivity contribution in [2.75, 3.05) is 13.7 Å². The molecule has 0 saturated carbocycles. The molecule has 154 valence electrons. The van der Waals surface area contributed by atoms with Gasteiger partial charge in [0.2, 0.25) is 11.8 Å². The van der Waals surface area contributed by atoms with Crippen molar-refractivity contribution in [1.82, 2.24) is 15.5 Å². The lowest BCUT2D eigenvalue weighted by Gasteiger charge is -2.14. The van der Waals surface area contributed by atoms with E-state index in [-0.39, 0.29) is 11.5 Å². The number of nitrogens with one attached hydrogen (secondary N) is 1. The number of rotatable bonds is 6. The molecular formula is C21H19N3O6. The van der Waals surface area contributed by atoms with Crippen molar-refractivity contribution in [3.8, 4) is 28.7 Å². The average Bonchev–Trinajstić information content (AvgIpc) is 3.36. The van der Waals surface area contributed by atoms with E-state index in [0.717, 1.165) is 5.56 Å². The molecule has 3 aromatic rings. The van der Waals surface area contributed by atoms with Gasteiger partial charge in [-0.25, -0.2) is 4.79 Å². The van der Waals surface area contributed by atoms with E-state index in [4.69, 9.17) is 18.6 Å². The van der Waals surface area contributed by atoms with Gasteiger partial charge in [0.1, 0.15) is 17.2 Å². The number of benzene rings is 2.